The van der Waals surface area contributed by atoms with Crippen LogP contribution in [0.1, 0.15) is 40.0 Å². The maximum atomic E-state index is 12.1. The van der Waals surface area contributed by atoms with Gasteiger partial charge in [0.2, 0.25) is 5.91 Å². The van der Waals surface area contributed by atoms with Crippen molar-refractivity contribution in [3.8, 4) is 0 Å². The summed E-state index contributed by atoms with van der Waals surface area (Å²) in [6, 6.07) is 0.0635. The first-order valence-corrected chi connectivity index (χ1v) is 6.72. The summed E-state index contributed by atoms with van der Waals surface area (Å²) < 4.78 is 0. The van der Waals surface area contributed by atoms with Gasteiger partial charge in [0.15, 0.2) is 0 Å². The van der Waals surface area contributed by atoms with Crippen LogP contribution >= 0.6 is 0 Å². The number of aliphatic hydroxyl groups excluding tert-OH is 1. The van der Waals surface area contributed by atoms with E-state index in [0.717, 1.165) is 25.9 Å². The molecule has 4 nitrogen and oxygen atoms in total. The maximum Gasteiger partial charge on any atom is 0.239 e. The van der Waals surface area contributed by atoms with Gasteiger partial charge in [0.05, 0.1) is 6.04 Å². The van der Waals surface area contributed by atoms with E-state index < -0.39 is 0 Å². The average Bonchev–Trinajstić information content (AvgIpc) is 2.80. The SMILES string of the molecule is CC(NC(CCO)C(C)C)C(=O)N1CCCC1. The number of carbonyl (C=O) groups is 1. The summed E-state index contributed by atoms with van der Waals surface area (Å²) in [5, 5.41) is 12.4. The molecule has 0 radical (unpaired) electrons. The van der Waals surface area contributed by atoms with E-state index >= 15 is 0 Å². The van der Waals surface area contributed by atoms with Gasteiger partial charge >= 0.3 is 0 Å². The predicted molar refractivity (Wildman–Crippen MR) is 68.7 cm³/mol. The van der Waals surface area contributed by atoms with E-state index in [-0.39, 0.29) is 24.6 Å². The molecular weight excluding hydrogens is 216 g/mol. The Morgan fingerprint density at radius 1 is 1.29 bits per heavy atom. The number of nitrogens with zero attached hydrogens (tertiary/aromatic N) is 1. The molecular formula is C13H26N2O2. The minimum Gasteiger partial charge on any atom is -0.396 e. The third kappa shape index (κ3) is 4.28. The molecule has 0 aromatic heterocycles. The summed E-state index contributed by atoms with van der Waals surface area (Å²) in [5.41, 5.74) is 0. The van der Waals surface area contributed by atoms with Crippen LogP contribution in [0.2, 0.25) is 0 Å². The maximum absolute atomic E-state index is 12.1. The van der Waals surface area contributed by atoms with Gasteiger partial charge in [-0.1, -0.05) is 13.8 Å². The van der Waals surface area contributed by atoms with Gasteiger partial charge in [0.25, 0.3) is 0 Å². The molecule has 2 unspecified atom stereocenters. The molecule has 1 rings (SSSR count). The molecule has 2 N–H and O–H groups in total. The van der Waals surface area contributed by atoms with Crippen LogP contribution in [0.15, 0.2) is 0 Å². The molecule has 1 amide bonds. The van der Waals surface area contributed by atoms with Gasteiger partial charge in [0.1, 0.15) is 0 Å². The van der Waals surface area contributed by atoms with Crippen LogP contribution in [-0.2, 0) is 4.79 Å². The second-order valence-electron chi connectivity index (χ2n) is 5.28. The molecule has 0 aromatic carbocycles. The van der Waals surface area contributed by atoms with E-state index in [0.29, 0.717) is 12.3 Å². The fourth-order valence-corrected chi connectivity index (χ4v) is 2.35. The standard InChI is InChI=1S/C13H26N2O2/c1-10(2)12(6-9-16)14-11(3)13(17)15-7-4-5-8-15/h10-12,14,16H,4-9H2,1-3H3. The molecule has 0 aromatic rings. The Balaban J connectivity index is 2.44. The lowest BCUT2D eigenvalue weighted by Crippen LogP contribution is -2.49. The van der Waals surface area contributed by atoms with Gasteiger partial charge in [-0.25, -0.2) is 0 Å². The molecule has 0 bridgehead atoms. The Morgan fingerprint density at radius 3 is 2.35 bits per heavy atom. The lowest BCUT2D eigenvalue weighted by molar-refractivity contribution is -0.132. The van der Waals surface area contributed by atoms with Crippen LogP contribution in [0.5, 0.6) is 0 Å². The quantitative estimate of drug-likeness (QED) is 0.730. The molecule has 17 heavy (non-hydrogen) atoms. The molecule has 1 saturated heterocycles. The fourth-order valence-electron chi connectivity index (χ4n) is 2.35. The van der Waals surface area contributed by atoms with Gasteiger partial charge in [-0.3, -0.25) is 4.79 Å². The van der Waals surface area contributed by atoms with Gasteiger partial charge in [-0.05, 0) is 32.1 Å². The fraction of sp³-hybridized carbons (Fsp3) is 0.923. The number of aliphatic hydroxyl groups is 1. The number of hydrogen-bond acceptors (Lipinski definition) is 3. The monoisotopic (exact) mass is 242 g/mol. The molecule has 1 fully saturated rings. The Kier molecular flexibility index (Phi) is 5.92. The predicted octanol–water partition coefficient (Wildman–Crippen LogP) is 0.994. The Morgan fingerprint density at radius 2 is 1.88 bits per heavy atom. The number of amides is 1. The van der Waals surface area contributed by atoms with E-state index in [4.69, 9.17) is 5.11 Å². The topological polar surface area (TPSA) is 52.6 Å². The van der Waals surface area contributed by atoms with Crippen LogP contribution in [0.3, 0.4) is 0 Å². The van der Waals surface area contributed by atoms with Crippen LogP contribution in [0.25, 0.3) is 0 Å². The van der Waals surface area contributed by atoms with Crippen molar-refractivity contribution in [2.45, 2.75) is 52.1 Å². The molecule has 0 aliphatic carbocycles. The van der Waals surface area contributed by atoms with E-state index in [1.54, 1.807) is 0 Å². The van der Waals surface area contributed by atoms with Gasteiger partial charge in [-0.15, -0.1) is 0 Å². The van der Waals surface area contributed by atoms with E-state index in [9.17, 15) is 4.79 Å². The number of carbonyl (C=O) groups excluding carboxylic acids is 1. The Labute approximate surface area is 104 Å². The highest BCUT2D eigenvalue weighted by atomic mass is 16.3. The smallest absolute Gasteiger partial charge is 0.239 e. The third-order valence-electron chi connectivity index (χ3n) is 3.50. The summed E-state index contributed by atoms with van der Waals surface area (Å²) in [5.74, 6) is 0.627. The van der Waals surface area contributed by atoms with Crippen LogP contribution in [-0.4, -0.2) is 47.7 Å². The van der Waals surface area contributed by atoms with Crippen molar-refractivity contribution in [1.29, 1.82) is 0 Å². The van der Waals surface area contributed by atoms with Crippen LogP contribution in [0.4, 0.5) is 0 Å². The summed E-state index contributed by atoms with van der Waals surface area (Å²) in [6.07, 6.45) is 2.96. The minimum absolute atomic E-state index is 0.146. The lowest BCUT2D eigenvalue weighted by atomic mass is 10.0. The first kappa shape index (κ1) is 14.5. The van der Waals surface area contributed by atoms with Crippen molar-refractivity contribution in [2.75, 3.05) is 19.7 Å². The first-order chi connectivity index (χ1) is 8.06. The second-order valence-corrected chi connectivity index (χ2v) is 5.28. The summed E-state index contributed by atoms with van der Waals surface area (Å²) >= 11 is 0. The molecule has 1 aliphatic rings. The summed E-state index contributed by atoms with van der Waals surface area (Å²) in [7, 11) is 0. The molecule has 4 heteroatoms. The number of rotatable bonds is 6. The van der Waals surface area contributed by atoms with E-state index in [1.807, 2.05) is 11.8 Å². The highest BCUT2D eigenvalue weighted by molar-refractivity contribution is 5.81. The number of nitrogens with one attached hydrogen (secondary N) is 1. The molecule has 1 aliphatic heterocycles. The van der Waals surface area contributed by atoms with Crippen molar-refractivity contribution in [3.63, 3.8) is 0 Å². The molecule has 0 saturated carbocycles. The Hall–Kier alpha value is -0.610. The Bertz CT molecular complexity index is 238. The van der Waals surface area contributed by atoms with Crippen molar-refractivity contribution >= 4 is 5.91 Å². The highest BCUT2D eigenvalue weighted by Gasteiger charge is 2.25. The van der Waals surface area contributed by atoms with E-state index in [1.165, 1.54) is 0 Å². The summed E-state index contributed by atoms with van der Waals surface area (Å²) in [6.45, 7) is 8.11. The molecule has 100 valence electrons. The zero-order chi connectivity index (χ0) is 12.8. The van der Waals surface area contributed by atoms with Crippen LogP contribution in [0, 0.1) is 5.92 Å². The van der Waals surface area contributed by atoms with Gasteiger partial charge < -0.3 is 15.3 Å². The zero-order valence-electron chi connectivity index (χ0n) is 11.3. The average molecular weight is 242 g/mol. The number of likely N-dealkylation sites (tertiary alicyclic amines) is 1. The zero-order valence-corrected chi connectivity index (χ0v) is 11.3. The van der Waals surface area contributed by atoms with Crippen molar-refractivity contribution in [2.24, 2.45) is 5.92 Å². The van der Waals surface area contributed by atoms with Crippen molar-refractivity contribution < 1.29 is 9.90 Å². The van der Waals surface area contributed by atoms with Gasteiger partial charge in [0, 0.05) is 25.7 Å². The third-order valence-corrected chi connectivity index (χ3v) is 3.50. The molecule has 1 heterocycles. The molecule has 2 atom stereocenters. The first-order valence-electron chi connectivity index (χ1n) is 6.72. The second kappa shape index (κ2) is 6.97. The van der Waals surface area contributed by atoms with Gasteiger partial charge in [-0.2, -0.15) is 0 Å². The summed E-state index contributed by atoms with van der Waals surface area (Å²) in [4.78, 5) is 14.0. The van der Waals surface area contributed by atoms with E-state index in [2.05, 4.69) is 19.2 Å². The van der Waals surface area contributed by atoms with Crippen LogP contribution < -0.4 is 5.32 Å². The highest BCUT2D eigenvalue weighted by Crippen LogP contribution is 2.11. The normalized spacial score (nSPS) is 19.7. The lowest BCUT2D eigenvalue weighted by Gasteiger charge is -2.28. The van der Waals surface area contributed by atoms with Crippen molar-refractivity contribution in [3.05, 3.63) is 0 Å². The largest absolute Gasteiger partial charge is 0.396 e. The number of hydrogen-bond donors (Lipinski definition) is 2. The molecule has 0 spiro atoms. The minimum atomic E-state index is -0.146. The van der Waals surface area contributed by atoms with Crippen molar-refractivity contribution in [1.82, 2.24) is 10.2 Å².